The van der Waals surface area contributed by atoms with Crippen molar-refractivity contribution in [2.45, 2.75) is 77.5 Å². The van der Waals surface area contributed by atoms with Crippen molar-refractivity contribution >= 4 is 11.9 Å². The zero-order chi connectivity index (χ0) is 25.9. The molecular formula is C29H39N3O4. The van der Waals surface area contributed by atoms with E-state index in [1.807, 2.05) is 42.5 Å². The molecule has 7 heteroatoms. The highest BCUT2D eigenvalue weighted by molar-refractivity contribution is 5.87. The molecule has 1 aliphatic carbocycles. The van der Waals surface area contributed by atoms with Crippen molar-refractivity contribution in [3.63, 3.8) is 0 Å². The van der Waals surface area contributed by atoms with Gasteiger partial charge in [-0.3, -0.25) is 9.78 Å². The second-order valence-corrected chi connectivity index (χ2v) is 11.2. The van der Waals surface area contributed by atoms with Gasteiger partial charge in [-0.25, -0.2) is 4.79 Å². The Labute approximate surface area is 214 Å². The number of amides is 1. The van der Waals surface area contributed by atoms with Crippen molar-refractivity contribution < 1.29 is 19.4 Å². The lowest BCUT2D eigenvalue weighted by Crippen LogP contribution is -2.49. The van der Waals surface area contributed by atoms with Gasteiger partial charge in [-0.1, -0.05) is 70.4 Å². The molecule has 1 aliphatic heterocycles. The molecular weight excluding hydrogens is 454 g/mol. The van der Waals surface area contributed by atoms with E-state index in [0.717, 1.165) is 43.4 Å². The number of methoxy groups -OCH3 is 1. The van der Waals surface area contributed by atoms with E-state index in [2.05, 4.69) is 31.1 Å². The van der Waals surface area contributed by atoms with E-state index in [1.54, 1.807) is 18.2 Å². The summed E-state index contributed by atoms with van der Waals surface area (Å²) in [6.07, 6.45) is 6.54. The van der Waals surface area contributed by atoms with Crippen molar-refractivity contribution in [3.05, 3.63) is 59.9 Å². The Hall–Kier alpha value is -2.93. The van der Waals surface area contributed by atoms with Crippen molar-refractivity contribution in [2.24, 2.45) is 17.3 Å². The number of likely N-dealkylation sites (tertiary alicyclic amines) is 1. The van der Waals surface area contributed by atoms with E-state index in [1.165, 1.54) is 0 Å². The van der Waals surface area contributed by atoms with E-state index in [-0.39, 0.29) is 29.2 Å². The third-order valence-electron chi connectivity index (χ3n) is 7.84. The number of carboxylic acids is 1. The van der Waals surface area contributed by atoms with Crippen molar-refractivity contribution in [2.75, 3.05) is 7.11 Å². The molecule has 1 aromatic carbocycles. The minimum atomic E-state index is -0.945. The fraction of sp³-hybridized carbons (Fsp3) is 0.552. The highest BCUT2D eigenvalue weighted by atomic mass is 16.5. The van der Waals surface area contributed by atoms with Gasteiger partial charge >= 0.3 is 5.97 Å². The first-order chi connectivity index (χ1) is 17.2. The van der Waals surface area contributed by atoms with Crippen LogP contribution in [-0.2, 0) is 16.1 Å². The lowest BCUT2D eigenvalue weighted by atomic mass is 9.72. The Balaban J connectivity index is 1.80. The number of carboxylic acid groups (broad SMARTS) is 1. The van der Waals surface area contributed by atoms with Crippen LogP contribution in [0.25, 0.3) is 0 Å². The molecule has 0 bridgehead atoms. The predicted molar refractivity (Wildman–Crippen MR) is 138 cm³/mol. The molecule has 0 unspecified atom stereocenters. The van der Waals surface area contributed by atoms with Gasteiger partial charge in [0.05, 0.1) is 18.8 Å². The number of hydrogen-bond donors (Lipinski definition) is 2. The van der Waals surface area contributed by atoms with E-state index in [0.29, 0.717) is 12.3 Å². The van der Waals surface area contributed by atoms with Crippen LogP contribution in [0, 0.1) is 17.3 Å². The van der Waals surface area contributed by atoms with Gasteiger partial charge in [0.25, 0.3) is 0 Å². The molecule has 2 aromatic rings. The summed E-state index contributed by atoms with van der Waals surface area (Å²) < 4.78 is 5.50. The Bertz CT molecular complexity index is 1050. The highest BCUT2D eigenvalue weighted by Gasteiger charge is 2.58. The Morgan fingerprint density at radius 2 is 1.78 bits per heavy atom. The van der Waals surface area contributed by atoms with Crippen LogP contribution < -0.4 is 10.1 Å². The number of aliphatic carboxylic acids is 1. The van der Waals surface area contributed by atoms with E-state index in [4.69, 9.17) is 4.74 Å². The number of pyridine rings is 1. The Morgan fingerprint density at radius 3 is 2.39 bits per heavy atom. The Morgan fingerprint density at radius 1 is 1.08 bits per heavy atom. The van der Waals surface area contributed by atoms with Gasteiger partial charge in [-0.05, 0) is 36.0 Å². The number of ether oxygens (including phenoxy) is 1. The van der Waals surface area contributed by atoms with Gasteiger partial charge in [0.2, 0.25) is 5.91 Å². The maximum atomic E-state index is 14.1. The zero-order valence-electron chi connectivity index (χ0n) is 21.8. The molecule has 4 atom stereocenters. The fourth-order valence-corrected chi connectivity index (χ4v) is 6.24. The monoisotopic (exact) mass is 493 g/mol. The van der Waals surface area contributed by atoms with Gasteiger partial charge in [-0.2, -0.15) is 0 Å². The minimum Gasteiger partial charge on any atom is -0.495 e. The topological polar surface area (TPSA) is 91.8 Å². The van der Waals surface area contributed by atoms with Crippen LogP contribution in [0.2, 0.25) is 0 Å². The molecule has 0 spiro atoms. The normalized spacial score (nSPS) is 25.1. The van der Waals surface area contributed by atoms with Crippen LogP contribution in [0.4, 0.5) is 0 Å². The number of nitrogens with zero attached hydrogens (tertiary/aromatic N) is 2. The molecule has 2 heterocycles. The first-order valence-corrected chi connectivity index (χ1v) is 13.0. The number of carbonyl (C=O) groups is 2. The largest absolute Gasteiger partial charge is 0.495 e. The summed E-state index contributed by atoms with van der Waals surface area (Å²) in [5.74, 6) is -0.731. The Kier molecular flexibility index (Phi) is 7.98. The zero-order valence-corrected chi connectivity index (χ0v) is 21.8. The second-order valence-electron chi connectivity index (χ2n) is 11.2. The number of rotatable bonds is 7. The van der Waals surface area contributed by atoms with Crippen LogP contribution >= 0.6 is 0 Å². The molecule has 2 aliphatic rings. The number of aromatic nitrogens is 1. The number of nitrogens with one attached hydrogen (secondary N) is 1. The van der Waals surface area contributed by atoms with Crippen molar-refractivity contribution in [3.8, 4) is 5.75 Å². The first kappa shape index (κ1) is 26.1. The van der Waals surface area contributed by atoms with Gasteiger partial charge in [0.1, 0.15) is 11.8 Å². The van der Waals surface area contributed by atoms with Crippen LogP contribution in [0.5, 0.6) is 5.75 Å². The van der Waals surface area contributed by atoms with E-state index in [9.17, 15) is 14.7 Å². The van der Waals surface area contributed by atoms with E-state index < -0.39 is 18.1 Å². The molecule has 2 fully saturated rings. The van der Waals surface area contributed by atoms with Crippen molar-refractivity contribution in [1.29, 1.82) is 0 Å². The molecule has 1 saturated carbocycles. The number of benzene rings is 1. The van der Waals surface area contributed by atoms with Crippen LogP contribution in [0.15, 0.2) is 48.7 Å². The van der Waals surface area contributed by atoms with Gasteiger partial charge in [-0.15, -0.1) is 0 Å². The maximum absolute atomic E-state index is 14.1. The molecule has 2 N–H and O–H groups in total. The summed E-state index contributed by atoms with van der Waals surface area (Å²) in [5, 5.41) is 14.2. The highest BCUT2D eigenvalue weighted by Crippen LogP contribution is 2.49. The number of carbonyl (C=O) groups excluding carboxylic acids is 1. The first-order valence-electron chi connectivity index (χ1n) is 13.0. The summed E-state index contributed by atoms with van der Waals surface area (Å²) in [4.78, 5) is 33.2. The van der Waals surface area contributed by atoms with Gasteiger partial charge in [0.15, 0.2) is 0 Å². The van der Waals surface area contributed by atoms with Crippen LogP contribution in [0.3, 0.4) is 0 Å². The summed E-state index contributed by atoms with van der Waals surface area (Å²) in [6.45, 7) is 6.61. The van der Waals surface area contributed by atoms with E-state index >= 15 is 0 Å². The molecule has 1 amide bonds. The SMILES string of the molecule is COc1cccnc1CN[C@@H]1[C@@H](C(C)(C)C)[C@H](C(=O)O)N(C(=O)C2CCCCC2)[C@@H]1c1ccccc1. The quantitative estimate of drug-likeness (QED) is 0.574. The molecule has 1 aromatic heterocycles. The molecule has 194 valence electrons. The standard InChI is InChI=1S/C29H39N3O4/c1-29(2,3)23-24(31-18-21-22(36-4)16-11-17-30-21)25(19-12-7-5-8-13-19)32(26(23)28(34)35)27(33)20-14-9-6-10-15-20/h5,7-8,11-13,16-17,20,23-26,31H,6,9-10,14-15,18H2,1-4H3,(H,34,35)/t23-,24-,25-,26-/m1/s1. The van der Waals surface area contributed by atoms with Crippen LogP contribution in [-0.4, -0.2) is 46.1 Å². The van der Waals surface area contributed by atoms with Crippen LogP contribution in [0.1, 0.15) is 70.2 Å². The van der Waals surface area contributed by atoms with Gasteiger partial charge < -0.3 is 20.1 Å². The van der Waals surface area contributed by atoms with Gasteiger partial charge in [0, 0.05) is 30.6 Å². The minimum absolute atomic E-state index is 0.0232. The molecule has 7 nitrogen and oxygen atoms in total. The second kappa shape index (κ2) is 11.0. The maximum Gasteiger partial charge on any atom is 0.326 e. The molecule has 4 rings (SSSR count). The summed E-state index contributed by atoms with van der Waals surface area (Å²) >= 11 is 0. The third kappa shape index (κ3) is 5.26. The fourth-order valence-electron chi connectivity index (χ4n) is 6.24. The average molecular weight is 494 g/mol. The third-order valence-corrected chi connectivity index (χ3v) is 7.84. The average Bonchev–Trinajstić information content (AvgIpc) is 3.24. The molecule has 0 radical (unpaired) electrons. The molecule has 36 heavy (non-hydrogen) atoms. The predicted octanol–water partition coefficient (Wildman–Crippen LogP) is 4.83. The summed E-state index contributed by atoms with van der Waals surface area (Å²) in [7, 11) is 1.62. The lowest BCUT2D eigenvalue weighted by molar-refractivity contribution is -0.154. The molecule has 1 saturated heterocycles. The summed E-state index contributed by atoms with van der Waals surface area (Å²) in [6, 6.07) is 12.0. The summed E-state index contributed by atoms with van der Waals surface area (Å²) in [5.41, 5.74) is 1.33. The lowest BCUT2D eigenvalue weighted by Gasteiger charge is -2.36. The number of hydrogen-bond acceptors (Lipinski definition) is 5. The van der Waals surface area contributed by atoms with Crippen molar-refractivity contribution in [1.82, 2.24) is 15.2 Å². The smallest absolute Gasteiger partial charge is 0.326 e.